The predicted molar refractivity (Wildman–Crippen MR) is 71.5 cm³/mol. The van der Waals surface area contributed by atoms with Gasteiger partial charge in [0.05, 0.1) is 0 Å². The van der Waals surface area contributed by atoms with Crippen molar-refractivity contribution >= 4 is 6.03 Å². The zero-order chi connectivity index (χ0) is 13.0. The SMILES string of the molecule is CCOCCC1(CNC(=O)N[C@@H]2C[C@H]2C)CCC1. The summed E-state index contributed by atoms with van der Waals surface area (Å²) in [5.74, 6) is 0.659. The predicted octanol–water partition coefficient (Wildman–Crippen LogP) is 2.29. The van der Waals surface area contributed by atoms with E-state index in [0.29, 0.717) is 17.4 Å². The van der Waals surface area contributed by atoms with Crippen LogP contribution in [0, 0.1) is 11.3 Å². The first-order valence-corrected chi connectivity index (χ1v) is 7.27. The lowest BCUT2D eigenvalue weighted by Crippen LogP contribution is -2.46. The number of ether oxygens (including phenoxy) is 1. The van der Waals surface area contributed by atoms with Gasteiger partial charge in [-0.2, -0.15) is 0 Å². The summed E-state index contributed by atoms with van der Waals surface area (Å²) in [6, 6.07) is 0.415. The third kappa shape index (κ3) is 3.61. The number of carbonyl (C=O) groups excluding carboxylic acids is 1. The molecule has 2 amide bonds. The van der Waals surface area contributed by atoms with Crippen LogP contribution in [-0.2, 0) is 4.74 Å². The van der Waals surface area contributed by atoms with E-state index in [1.54, 1.807) is 0 Å². The number of rotatable bonds is 7. The summed E-state index contributed by atoms with van der Waals surface area (Å²) in [5, 5.41) is 6.05. The fourth-order valence-corrected chi connectivity index (χ4v) is 2.64. The molecule has 2 fully saturated rings. The van der Waals surface area contributed by atoms with Gasteiger partial charge in [0.15, 0.2) is 0 Å². The van der Waals surface area contributed by atoms with Gasteiger partial charge in [0.1, 0.15) is 0 Å². The Morgan fingerprint density at radius 3 is 2.67 bits per heavy atom. The van der Waals surface area contributed by atoms with Gasteiger partial charge in [-0.25, -0.2) is 4.79 Å². The van der Waals surface area contributed by atoms with Gasteiger partial charge < -0.3 is 15.4 Å². The summed E-state index contributed by atoms with van der Waals surface area (Å²) in [7, 11) is 0. The van der Waals surface area contributed by atoms with Gasteiger partial charge in [-0.3, -0.25) is 0 Å². The van der Waals surface area contributed by atoms with Crippen molar-refractivity contribution in [1.29, 1.82) is 0 Å². The molecule has 2 atom stereocenters. The van der Waals surface area contributed by atoms with Crippen molar-refractivity contribution in [2.24, 2.45) is 11.3 Å². The molecule has 0 aromatic heterocycles. The lowest BCUT2D eigenvalue weighted by atomic mass is 9.67. The van der Waals surface area contributed by atoms with Crippen molar-refractivity contribution in [2.75, 3.05) is 19.8 Å². The van der Waals surface area contributed by atoms with Crippen molar-refractivity contribution in [2.45, 2.75) is 52.0 Å². The van der Waals surface area contributed by atoms with E-state index in [1.165, 1.54) is 19.3 Å². The van der Waals surface area contributed by atoms with Crippen molar-refractivity contribution < 1.29 is 9.53 Å². The standard InChI is InChI=1S/C14H26N2O2/c1-3-18-8-7-14(5-4-6-14)10-15-13(17)16-12-9-11(12)2/h11-12H,3-10H2,1-2H3,(H2,15,16,17)/t11-,12-/m1/s1. The Labute approximate surface area is 110 Å². The molecule has 0 spiro atoms. The van der Waals surface area contributed by atoms with E-state index in [1.807, 2.05) is 6.92 Å². The van der Waals surface area contributed by atoms with E-state index < -0.39 is 0 Å². The van der Waals surface area contributed by atoms with E-state index in [9.17, 15) is 4.79 Å². The number of carbonyl (C=O) groups is 1. The van der Waals surface area contributed by atoms with Crippen LogP contribution in [0.15, 0.2) is 0 Å². The zero-order valence-corrected chi connectivity index (χ0v) is 11.6. The highest BCUT2D eigenvalue weighted by Crippen LogP contribution is 2.43. The monoisotopic (exact) mass is 254 g/mol. The van der Waals surface area contributed by atoms with Crippen LogP contribution in [0.25, 0.3) is 0 Å². The molecule has 18 heavy (non-hydrogen) atoms. The van der Waals surface area contributed by atoms with E-state index in [2.05, 4.69) is 17.6 Å². The number of hydrogen-bond acceptors (Lipinski definition) is 2. The number of urea groups is 1. The van der Waals surface area contributed by atoms with Crippen LogP contribution >= 0.6 is 0 Å². The molecule has 4 nitrogen and oxygen atoms in total. The van der Waals surface area contributed by atoms with Crippen molar-refractivity contribution in [3.05, 3.63) is 0 Å². The van der Waals surface area contributed by atoms with Crippen LogP contribution in [0.5, 0.6) is 0 Å². The molecule has 0 saturated heterocycles. The zero-order valence-electron chi connectivity index (χ0n) is 11.6. The van der Waals surface area contributed by atoms with Crippen LogP contribution in [0.4, 0.5) is 4.79 Å². The Hall–Kier alpha value is -0.770. The smallest absolute Gasteiger partial charge is 0.315 e. The van der Waals surface area contributed by atoms with Crippen molar-refractivity contribution in [3.63, 3.8) is 0 Å². The van der Waals surface area contributed by atoms with Crippen LogP contribution in [-0.4, -0.2) is 31.8 Å². The van der Waals surface area contributed by atoms with Gasteiger partial charge in [0.25, 0.3) is 0 Å². The van der Waals surface area contributed by atoms with Gasteiger partial charge >= 0.3 is 6.03 Å². The van der Waals surface area contributed by atoms with E-state index in [4.69, 9.17) is 4.74 Å². The molecule has 2 N–H and O–H groups in total. The molecule has 0 heterocycles. The minimum atomic E-state index is 0.00651. The highest BCUT2D eigenvalue weighted by molar-refractivity contribution is 5.74. The van der Waals surface area contributed by atoms with Crippen LogP contribution in [0.1, 0.15) is 46.0 Å². The summed E-state index contributed by atoms with van der Waals surface area (Å²) in [6.07, 6.45) is 5.93. The number of amides is 2. The molecule has 0 radical (unpaired) electrons. The second-order valence-electron chi connectivity index (χ2n) is 5.95. The second-order valence-corrected chi connectivity index (χ2v) is 5.95. The lowest BCUT2D eigenvalue weighted by molar-refractivity contribution is 0.0557. The van der Waals surface area contributed by atoms with Gasteiger partial charge in [-0.15, -0.1) is 0 Å². The highest BCUT2D eigenvalue weighted by atomic mass is 16.5. The Morgan fingerprint density at radius 2 is 2.17 bits per heavy atom. The minimum absolute atomic E-state index is 0.00651. The van der Waals surface area contributed by atoms with Gasteiger partial charge in [0.2, 0.25) is 0 Å². The van der Waals surface area contributed by atoms with E-state index in [-0.39, 0.29) is 6.03 Å². The third-order valence-electron chi connectivity index (χ3n) is 4.44. The molecule has 0 aromatic carbocycles. The molecule has 0 aromatic rings. The van der Waals surface area contributed by atoms with E-state index in [0.717, 1.165) is 32.6 Å². The molecular weight excluding hydrogens is 228 g/mol. The first kappa shape index (κ1) is 13.7. The topological polar surface area (TPSA) is 50.4 Å². The Balaban J connectivity index is 1.64. The van der Waals surface area contributed by atoms with Crippen LogP contribution in [0.2, 0.25) is 0 Å². The van der Waals surface area contributed by atoms with E-state index >= 15 is 0 Å². The van der Waals surface area contributed by atoms with Crippen LogP contribution in [0.3, 0.4) is 0 Å². The highest BCUT2D eigenvalue weighted by Gasteiger charge is 2.38. The Morgan fingerprint density at radius 1 is 1.44 bits per heavy atom. The molecule has 0 unspecified atom stereocenters. The first-order valence-electron chi connectivity index (χ1n) is 7.27. The molecule has 0 aliphatic heterocycles. The molecule has 2 rings (SSSR count). The Kier molecular flexibility index (Phi) is 4.49. The fourth-order valence-electron chi connectivity index (χ4n) is 2.64. The first-order chi connectivity index (χ1) is 8.65. The quantitative estimate of drug-likeness (QED) is 0.685. The number of nitrogens with one attached hydrogen (secondary N) is 2. The van der Waals surface area contributed by atoms with Crippen molar-refractivity contribution in [1.82, 2.24) is 10.6 Å². The van der Waals surface area contributed by atoms with Gasteiger partial charge in [0, 0.05) is 25.8 Å². The summed E-state index contributed by atoms with van der Waals surface area (Å²) in [5.41, 5.74) is 0.307. The summed E-state index contributed by atoms with van der Waals surface area (Å²) >= 11 is 0. The second kappa shape index (κ2) is 5.91. The molecule has 4 heteroatoms. The molecule has 2 aliphatic carbocycles. The molecule has 104 valence electrons. The maximum absolute atomic E-state index is 11.7. The lowest BCUT2D eigenvalue weighted by Gasteiger charge is -2.42. The minimum Gasteiger partial charge on any atom is -0.382 e. The largest absolute Gasteiger partial charge is 0.382 e. The molecule has 2 saturated carbocycles. The Bertz CT molecular complexity index is 290. The summed E-state index contributed by atoms with van der Waals surface area (Å²) < 4.78 is 5.43. The van der Waals surface area contributed by atoms with Crippen LogP contribution < -0.4 is 10.6 Å². The van der Waals surface area contributed by atoms with Gasteiger partial charge in [-0.1, -0.05) is 13.3 Å². The normalized spacial score (nSPS) is 28.3. The summed E-state index contributed by atoms with van der Waals surface area (Å²) in [6.45, 7) is 6.59. The molecule has 0 bridgehead atoms. The average molecular weight is 254 g/mol. The fraction of sp³-hybridized carbons (Fsp3) is 0.929. The maximum Gasteiger partial charge on any atom is 0.315 e. The number of hydrogen-bond donors (Lipinski definition) is 2. The molecule has 2 aliphatic rings. The average Bonchev–Trinajstić information content (AvgIpc) is 2.97. The van der Waals surface area contributed by atoms with Gasteiger partial charge in [-0.05, 0) is 43.9 Å². The maximum atomic E-state index is 11.7. The molecular formula is C14H26N2O2. The third-order valence-corrected chi connectivity index (χ3v) is 4.44. The summed E-state index contributed by atoms with van der Waals surface area (Å²) in [4.78, 5) is 11.7. The van der Waals surface area contributed by atoms with Crippen molar-refractivity contribution in [3.8, 4) is 0 Å².